The van der Waals surface area contributed by atoms with Crippen molar-refractivity contribution in [1.29, 1.82) is 0 Å². The second kappa shape index (κ2) is 6.68. The lowest BCUT2D eigenvalue weighted by molar-refractivity contribution is -0.0441. The molecule has 1 aromatic rings. The van der Waals surface area contributed by atoms with Gasteiger partial charge in [-0.15, -0.1) is 0 Å². The Morgan fingerprint density at radius 1 is 1.10 bits per heavy atom. The minimum absolute atomic E-state index is 0.210. The normalized spacial score (nSPS) is 23.1. The molecule has 2 aliphatic rings. The molecule has 0 spiro atoms. The predicted molar refractivity (Wildman–Crippen MR) is 76.4 cm³/mol. The summed E-state index contributed by atoms with van der Waals surface area (Å²) in [5, 5.41) is 13.7. The molecular weight excluding hydrogens is 254 g/mol. The van der Waals surface area contributed by atoms with Gasteiger partial charge in [0.2, 0.25) is 0 Å². The van der Waals surface area contributed by atoms with Gasteiger partial charge in [-0.05, 0) is 43.8 Å². The van der Waals surface area contributed by atoms with Crippen LogP contribution in [0.5, 0.6) is 0 Å². The largest absolute Gasteiger partial charge is 0.392 e. The van der Waals surface area contributed by atoms with Crippen LogP contribution in [0, 0.1) is 5.92 Å². The molecule has 0 aromatic heterocycles. The monoisotopic (exact) mass is 277 g/mol. The zero-order chi connectivity index (χ0) is 13.8. The van der Waals surface area contributed by atoms with Crippen LogP contribution in [0.15, 0.2) is 24.3 Å². The number of aliphatic hydroxyl groups excluding tert-OH is 1. The number of hydrogen-bond acceptors (Lipinski definition) is 4. The van der Waals surface area contributed by atoms with Crippen molar-refractivity contribution in [3.8, 4) is 0 Å². The highest BCUT2D eigenvalue weighted by molar-refractivity contribution is 5.24. The van der Waals surface area contributed by atoms with Gasteiger partial charge in [0, 0.05) is 5.56 Å². The van der Waals surface area contributed by atoms with Gasteiger partial charge in [0.15, 0.2) is 6.29 Å². The zero-order valence-corrected chi connectivity index (χ0v) is 11.8. The Morgan fingerprint density at radius 2 is 1.75 bits per heavy atom. The number of aliphatic hydroxyl groups is 1. The van der Waals surface area contributed by atoms with E-state index in [1.54, 1.807) is 0 Å². The van der Waals surface area contributed by atoms with Gasteiger partial charge in [-0.2, -0.15) is 0 Å². The van der Waals surface area contributed by atoms with E-state index in [4.69, 9.17) is 9.47 Å². The first-order chi connectivity index (χ1) is 9.83. The van der Waals surface area contributed by atoms with E-state index in [0.29, 0.717) is 19.1 Å². The quantitative estimate of drug-likeness (QED) is 0.878. The average molecular weight is 277 g/mol. The molecule has 2 heterocycles. The van der Waals surface area contributed by atoms with Gasteiger partial charge in [0.05, 0.1) is 19.3 Å². The van der Waals surface area contributed by atoms with Gasteiger partial charge in [-0.3, -0.25) is 0 Å². The zero-order valence-electron chi connectivity index (χ0n) is 11.8. The third kappa shape index (κ3) is 3.38. The molecule has 4 nitrogen and oxygen atoms in total. The molecule has 3 rings (SSSR count). The lowest BCUT2D eigenvalue weighted by Crippen LogP contribution is -2.34. The lowest BCUT2D eigenvalue weighted by Gasteiger charge is -2.27. The number of hydrogen-bond donors (Lipinski definition) is 2. The average Bonchev–Trinajstić information content (AvgIpc) is 3.03. The van der Waals surface area contributed by atoms with Gasteiger partial charge < -0.3 is 19.9 Å². The fraction of sp³-hybridized carbons (Fsp3) is 0.625. The third-order valence-electron chi connectivity index (χ3n) is 4.25. The third-order valence-corrected chi connectivity index (χ3v) is 4.25. The van der Waals surface area contributed by atoms with E-state index in [-0.39, 0.29) is 12.4 Å². The second-order valence-electron chi connectivity index (χ2n) is 5.67. The highest BCUT2D eigenvalue weighted by Gasteiger charge is 2.22. The molecule has 0 aliphatic carbocycles. The van der Waals surface area contributed by atoms with Gasteiger partial charge >= 0.3 is 0 Å². The van der Waals surface area contributed by atoms with Crippen molar-refractivity contribution in [2.24, 2.45) is 5.92 Å². The molecule has 110 valence electrons. The molecule has 1 atom stereocenters. The second-order valence-corrected chi connectivity index (χ2v) is 5.67. The summed E-state index contributed by atoms with van der Waals surface area (Å²) in [7, 11) is 0. The Balaban J connectivity index is 1.56. The highest BCUT2D eigenvalue weighted by Crippen LogP contribution is 2.24. The van der Waals surface area contributed by atoms with Crippen molar-refractivity contribution in [1.82, 2.24) is 5.32 Å². The summed E-state index contributed by atoms with van der Waals surface area (Å²) >= 11 is 0. The Hall–Kier alpha value is -0.940. The summed E-state index contributed by atoms with van der Waals surface area (Å²) in [6.45, 7) is 3.38. The Labute approximate surface area is 120 Å². The minimum atomic E-state index is -0.234. The van der Waals surface area contributed by atoms with E-state index >= 15 is 0 Å². The SMILES string of the molecule is OC(Cc1ccc(C2OCCO2)cc1)C1CCNCC1. The molecule has 2 aliphatic heterocycles. The Kier molecular flexibility index (Phi) is 4.68. The Morgan fingerprint density at radius 3 is 2.40 bits per heavy atom. The van der Waals surface area contributed by atoms with E-state index in [1.807, 2.05) is 12.1 Å². The standard InChI is InChI=1S/C16H23NO3/c18-15(13-5-7-17-8-6-13)11-12-1-3-14(4-2-12)16-19-9-10-20-16/h1-4,13,15-18H,5-11H2. The van der Waals surface area contributed by atoms with E-state index in [1.165, 1.54) is 5.56 Å². The van der Waals surface area contributed by atoms with Gasteiger partial charge in [0.1, 0.15) is 0 Å². The molecule has 0 amide bonds. The van der Waals surface area contributed by atoms with Crippen LogP contribution in [-0.4, -0.2) is 37.5 Å². The van der Waals surface area contributed by atoms with Gasteiger partial charge in [-0.25, -0.2) is 0 Å². The number of rotatable bonds is 4. The predicted octanol–water partition coefficient (Wildman–Crippen LogP) is 1.64. The van der Waals surface area contributed by atoms with Crippen LogP contribution < -0.4 is 5.32 Å². The fourth-order valence-electron chi connectivity index (χ4n) is 3.00. The van der Waals surface area contributed by atoms with Crippen molar-refractivity contribution in [3.63, 3.8) is 0 Å². The summed E-state index contributed by atoms with van der Waals surface area (Å²) in [4.78, 5) is 0. The van der Waals surface area contributed by atoms with Crippen LogP contribution in [0.3, 0.4) is 0 Å². The van der Waals surface area contributed by atoms with Crippen molar-refractivity contribution >= 4 is 0 Å². The van der Waals surface area contributed by atoms with Crippen molar-refractivity contribution in [2.75, 3.05) is 26.3 Å². The number of ether oxygens (including phenoxy) is 2. The molecule has 0 bridgehead atoms. The number of piperidine rings is 1. The summed E-state index contributed by atoms with van der Waals surface area (Å²) in [5.41, 5.74) is 2.24. The minimum Gasteiger partial charge on any atom is -0.392 e. The molecule has 2 fully saturated rings. The van der Waals surface area contributed by atoms with Crippen LogP contribution in [0.25, 0.3) is 0 Å². The number of benzene rings is 1. The molecular formula is C16H23NO3. The number of nitrogens with one attached hydrogen (secondary N) is 1. The maximum absolute atomic E-state index is 10.3. The molecule has 2 saturated heterocycles. The van der Waals surface area contributed by atoms with Gasteiger partial charge in [-0.1, -0.05) is 24.3 Å². The van der Waals surface area contributed by atoms with Crippen LogP contribution in [-0.2, 0) is 15.9 Å². The first kappa shape index (κ1) is 14.0. The molecule has 2 N–H and O–H groups in total. The first-order valence-electron chi connectivity index (χ1n) is 7.54. The van der Waals surface area contributed by atoms with E-state index in [0.717, 1.165) is 37.9 Å². The topological polar surface area (TPSA) is 50.7 Å². The summed E-state index contributed by atoms with van der Waals surface area (Å²) in [6, 6.07) is 8.23. The highest BCUT2D eigenvalue weighted by atomic mass is 16.7. The van der Waals surface area contributed by atoms with Crippen LogP contribution >= 0.6 is 0 Å². The van der Waals surface area contributed by atoms with Crippen LogP contribution in [0.2, 0.25) is 0 Å². The van der Waals surface area contributed by atoms with Crippen LogP contribution in [0.4, 0.5) is 0 Å². The molecule has 4 heteroatoms. The maximum atomic E-state index is 10.3. The van der Waals surface area contributed by atoms with E-state index < -0.39 is 0 Å². The van der Waals surface area contributed by atoms with Crippen molar-refractivity contribution in [3.05, 3.63) is 35.4 Å². The Bertz CT molecular complexity index is 408. The van der Waals surface area contributed by atoms with Crippen molar-refractivity contribution in [2.45, 2.75) is 31.7 Å². The molecule has 1 aromatic carbocycles. The molecule has 0 radical (unpaired) electrons. The maximum Gasteiger partial charge on any atom is 0.184 e. The summed E-state index contributed by atoms with van der Waals surface area (Å²) in [6.07, 6.45) is 2.43. The fourth-order valence-corrected chi connectivity index (χ4v) is 3.00. The van der Waals surface area contributed by atoms with Gasteiger partial charge in [0.25, 0.3) is 0 Å². The first-order valence-corrected chi connectivity index (χ1v) is 7.54. The van der Waals surface area contributed by atoms with Crippen molar-refractivity contribution < 1.29 is 14.6 Å². The van der Waals surface area contributed by atoms with E-state index in [9.17, 15) is 5.11 Å². The molecule has 0 saturated carbocycles. The summed E-state index contributed by atoms with van der Waals surface area (Å²) < 4.78 is 11.0. The lowest BCUT2D eigenvalue weighted by atomic mass is 9.88. The van der Waals surface area contributed by atoms with Crippen LogP contribution in [0.1, 0.15) is 30.3 Å². The van der Waals surface area contributed by atoms with E-state index in [2.05, 4.69) is 17.4 Å². The summed E-state index contributed by atoms with van der Waals surface area (Å²) in [5.74, 6) is 0.428. The molecule has 20 heavy (non-hydrogen) atoms. The molecule has 1 unspecified atom stereocenters. The smallest absolute Gasteiger partial charge is 0.184 e.